The van der Waals surface area contributed by atoms with Crippen LogP contribution in [0.3, 0.4) is 0 Å². The summed E-state index contributed by atoms with van der Waals surface area (Å²) in [6, 6.07) is 0.0649. The van der Waals surface area contributed by atoms with Gasteiger partial charge in [0.1, 0.15) is 0 Å². The van der Waals surface area contributed by atoms with Crippen LogP contribution in [0.25, 0.3) is 0 Å². The van der Waals surface area contributed by atoms with Crippen molar-refractivity contribution in [3.63, 3.8) is 0 Å². The van der Waals surface area contributed by atoms with E-state index in [0.717, 1.165) is 19.4 Å². The number of carbonyl (C=O) groups excluding carboxylic acids is 1. The van der Waals surface area contributed by atoms with Crippen molar-refractivity contribution in [1.82, 2.24) is 9.80 Å². The van der Waals surface area contributed by atoms with E-state index in [0.29, 0.717) is 19.0 Å². The van der Waals surface area contributed by atoms with Gasteiger partial charge in [-0.3, -0.25) is 4.79 Å². The molecule has 0 aromatic rings. The highest BCUT2D eigenvalue weighted by Crippen LogP contribution is 2.25. The number of likely N-dealkylation sites (tertiary alicyclic amines) is 1. The first-order valence-electron chi connectivity index (χ1n) is 7.05. The molecule has 0 aromatic carbocycles. The maximum atomic E-state index is 12.2. The highest BCUT2D eigenvalue weighted by Gasteiger charge is 2.30. The van der Waals surface area contributed by atoms with Gasteiger partial charge in [0.25, 0.3) is 0 Å². The third kappa shape index (κ3) is 4.40. The lowest BCUT2D eigenvalue weighted by Gasteiger charge is -2.36. The molecule has 1 heterocycles. The van der Waals surface area contributed by atoms with Crippen molar-refractivity contribution < 1.29 is 14.7 Å². The standard InChI is InChI=1S/C14H26N2O3/c1-10(2)9-15(4)14(19)16-7-5-12(6-8-16)11(3)13(17)18/h10-12H,5-9H2,1-4H3,(H,17,18). The van der Waals surface area contributed by atoms with E-state index >= 15 is 0 Å². The predicted octanol–water partition coefficient (Wildman–Crippen LogP) is 2.13. The van der Waals surface area contributed by atoms with Gasteiger partial charge >= 0.3 is 12.0 Å². The van der Waals surface area contributed by atoms with Gasteiger partial charge in [0.2, 0.25) is 0 Å². The van der Waals surface area contributed by atoms with Crippen LogP contribution < -0.4 is 0 Å². The molecule has 1 rings (SSSR count). The van der Waals surface area contributed by atoms with Crippen LogP contribution in [-0.4, -0.2) is 53.6 Å². The summed E-state index contributed by atoms with van der Waals surface area (Å²) in [6.45, 7) is 8.03. The Hall–Kier alpha value is -1.26. The predicted molar refractivity (Wildman–Crippen MR) is 74.0 cm³/mol. The van der Waals surface area contributed by atoms with Gasteiger partial charge in [0.15, 0.2) is 0 Å². The molecule has 0 radical (unpaired) electrons. The molecule has 1 aliphatic heterocycles. The number of piperidine rings is 1. The number of carboxylic acid groups (broad SMARTS) is 1. The molecule has 0 aliphatic carbocycles. The van der Waals surface area contributed by atoms with Crippen LogP contribution in [-0.2, 0) is 4.79 Å². The second-order valence-corrected chi connectivity index (χ2v) is 6.01. The molecular weight excluding hydrogens is 244 g/mol. The van der Waals surface area contributed by atoms with Crippen molar-refractivity contribution >= 4 is 12.0 Å². The number of rotatable bonds is 4. The molecule has 1 N–H and O–H groups in total. The summed E-state index contributed by atoms with van der Waals surface area (Å²) in [7, 11) is 1.83. The maximum Gasteiger partial charge on any atom is 0.319 e. The molecule has 110 valence electrons. The Morgan fingerprint density at radius 1 is 1.26 bits per heavy atom. The van der Waals surface area contributed by atoms with Crippen molar-refractivity contribution in [2.75, 3.05) is 26.7 Å². The normalized spacial score (nSPS) is 18.5. The Morgan fingerprint density at radius 3 is 2.21 bits per heavy atom. The Labute approximate surface area is 115 Å². The SMILES string of the molecule is CC(C)CN(C)C(=O)N1CCC(C(C)C(=O)O)CC1. The first-order chi connectivity index (χ1) is 8.82. The van der Waals surface area contributed by atoms with Gasteiger partial charge in [-0.15, -0.1) is 0 Å². The number of amides is 2. The first kappa shape index (κ1) is 15.8. The van der Waals surface area contributed by atoms with Crippen molar-refractivity contribution in [2.45, 2.75) is 33.6 Å². The second-order valence-electron chi connectivity index (χ2n) is 6.01. The van der Waals surface area contributed by atoms with Crippen molar-refractivity contribution in [1.29, 1.82) is 0 Å². The fourth-order valence-electron chi connectivity index (χ4n) is 2.66. The van der Waals surface area contributed by atoms with E-state index in [1.165, 1.54) is 0 Å². The number of aliphatic carboxylic acids is 1. The monoisotopic (exact) mass is 270 g/mol. The zero-order valence-electron chi connectivity index (χ0n) is 12.4. The van der Waals surface area contributed by atoms with Crippen LogP contribution in [0.1, 0.15) is 33.6 Å². The largest absolute Gasteiger partial charge is 0.481 e. The molecule has 5 nitrogen and oxygen atoms in total. The number of urea groups is 1. The lowest BCUT2D eigenvalue weighted by molar-refractivity contribution is -0.143. The molecule has 5 heteroatoms. The number of hydrogen-bond acceptors (Lipinski definition) is 2. The number of hydrogen-bond donors (Lipinski definition) is 1. The number of carbonyl (C=O) groups is 2. The molecule has 0 saturated carbocycles. The number of nitrogens with zero attached hydrogens (tertiary/aromatic N) is 2. The fourth-order valence-corrected chi connectivity index (χ4v) is 2.66. The average molecular weight is 270 g/mol. The van der Waals surface area contributed by atoms with E-state index in [-0.39, 0.29) is 17.9 Å². The van der Waals surface area contributed by atoms with Crippen LogP contribution in [0.5, 0.6) is 0 Å². The summed E-state index contributed by atoms with van der Waals surface area (Å²) in [4.78, 5) is 26.7. The van der Waals surface area contributed by atoms with Crippen LogP contribution in [0.2, 0.25) is 0 Å². The van der Waals surface area contributed by atoms with E-state index in [1.54, 1.807) is 11.8 Å². The minimum atomic E-state index is -0.735. The summed E-state index contributed by atoms with van der Waals surface area (Å²) in [5.74, 6) is -0.400. The van der Waals surface area contributed by atoms with Gasteiger partial charge in [-0.25, -0.2) is 4.79 Å². The molecule has 0 aromatic heterocycles. The Bertz CT molecular complexity index is 323. The number of carboxylic acids is 1. The summed E-state index contributed by atoms with van der Waals surface area (Å²) in [6.07, 6.45) is 1.57. The smallest absolute Gasteiger partial charge is 0.319 e. The minimum absolute atomic E-state index is 0.0649. The van der Waals surface area contributed by atoms with E-state index in [9.17, 15) is 9.59 Å². The second kappa shape index (κ2) is 6.78. The molecule has 19 heavy (non-hydrogen) atoms. The lowest BCUT2D eigenvalue weighted by Crippen LogP contribution is -2.47. The van der Waals surface area contributed by atoms with Gasteiger partial charge < -0.3 is 14.9 Å². The molecule has 0 spiro atoms. The topological polar surface area (TPSA) is 60.9 Å². The van der Waals surface area contributed by atoms with E-state index < -0.39 is 5.97 Å². The molecular formula is C14H26N2O3. The summed E-state index contributed by atoms with van der Waals surface area (Å²) in [5.41, 5.74) is 0. The third-order valence-corrected chi connectivity index (χ3v) is 3.87. The minimum Gasteiger partial charge on any atom is -0.481 e. The summed E-state index contributed by atoms with van der Waals surface area (Å²) >= 11 is 0. The van der Waals surface area contributed by atoms with Crippen molar-refractivity contribution in [2.24, 2.45) is 17.8 Å². The summed E-state index contributed by atoms with van der Waals surface area (Å²) in [5, 5.41) is 9.01. The van der Waals surface area contributed by atoms with Gasteiger partial charge in [0, 0.05) is 26.7 Å². The van der Waals surface area contributed by atoms with Crippen LogP contribution in [0.15, 0.2) is 0 Å². The highest BCUT2D eigenvalue weighted by molar-refractivity contribution is 5.74. The fraction of sp³-hybridized carbons (Fsp3) is 0.857. The zero-order valence-corrected chi connectivity index (χ0v) is 12.4. The van der Waals surface area contributed by atoms with Crippen molar-refractivity contribution in [3.05, 3.63) is 0 Å². The van der Waals surface area contributed by atoms with E-state index in [4.69, 9.17) is 5.11 Å². The molecule has 1 aliphatic rings. The summed E-state index contributed by atoms with van der Waals surface area (Å²) < 4.78 is 0. The molecule has 0 bridgehead atoms. The average Bonchev–Trinajstić information content (AvgIpc) is 2.36. The van der Waals surface area contributed by atoms with E-state index in [1.807, 2.05) is 11.9 Å². The van der Waals surface area contributed by atoms with Crippen LogP contribution in [0.4, 0.5) is 4.79 Å². The van der Waals surface area contributed by atoms with Gasteiger partial charge in [-0.1, -0.05) is 20.8 Å². The van der Waals surface area contributed by atoms with E-state index in [2.05, 4.69) is 13.8 Å². The Kier molecular flexibility index (Phi) is 5.63. The van der Waals surface area contributed by atoms with Crippen LogP contribution >= 0.6 is 0 Å². The molecule has 1 atom stereocenters. The maximum absolute atomic E-state index is 12.2. The quantitative estimate of drug-likeness (QED) is 0.851. The van der Waals surface area contributed by atoms with Crippen LogP contribution in [0, 0.1) is 17.8 Å². The van der Waals surface area contributed by atoms with Crippen molar-refractivity contribution in [3.8, 4) is 0 Å². The van der Waals surface area contributed by atoms with Gasteiger partial charge in [0.05, 0.1) is 5.92 Å². The highest BCUT2D eigenvalue weighted by atomic mass is 16.4. The zero-order chi connectivity index (χ0) is 14.6. The Morgan fingerprint density at radius 2 is 1.79 bits per heavy atom. The Balaban J connectivity index is 2.45. The first-order valence-corrected chi connectivity index (χ1v) is 7.05. The molecule has 1 saturated heterocycles. The molecule has 1 unspecified atom stereocenters. The lowest BCUT2D eigenvalue weighted by atomic mass is 9.85. The van der Waals surface area contributed by atoms with Gasteiger partial charge in [-0.2, -0.15) is 0 Å². The van der Waals surface area contributed by atoms with Gasteiger partial charge in [-0.05, 0) is 24.7 Å². The molecule has 1 fully saturated rings. The third-order valence-electron chi connectivity index (χ3n) is 3.87. The molecule has 2 amide bonds.